The van der Waals surface area contributed by atoms with E-state index in [1.54, 1.807) is 0 Å². The number of halogens is 1. The van der Waals surface area contributed by atoms with Crippen LogP contribution in [0.5, 0.6) is 0 Å². The van der Waals surface area contributed by atoms with Crippen LogP contribution in [0.25, 0.3) is 10.9 Å². The second-order valence-electron chi connectivity index (χ2n) is 6.83. The lowest BCUT2D eigenvalue weighted by atomic mass is 10.0. The molecule has 3 heterocycles. The van der Waals surface area contributed by atoms with Crippen molar-refractivity contribution in [1.82, 2.24) is 10.1 Å². The molecule has 1 aliphatic rings. The van der Waals surface area contributed by atoms with E-state index in [4.69, 9.17) is 21.1 Å². The van der Waals surface area contributed by atoms with Crippen molar-refractivity contribution in [2.75, 3.05) is 18.0 Å². The van der Waals surface area contributed by atoms with Gasteiger partial charge in [-0.25, -0.2) is 4.98 Å². The first kappa shape index (κ1) is 16.4. The molecule has 1 saturated heterocycles. The van der Waals surface area contributed by atoms with Crippen LogP contribution < -0.4 is 4.90 Å². The standard InChI is InChI=1S/C19H20ClN3O2/c1-11-5-19(21-17-4-3-14(20)8-16(11)17)23-9-13(18(24)10-23)7-15-6-12(2)22-25-15/h3-6,8,13,18,24H,7,9-10H2,1-2H3/t13-,18+/m1/s1. The summed E-state index contributed by atoms with van der Waals surface area (Å²) < 4.78 is 5.30. The molecule has 2 aromatic heterocycles. The van der Waals surface area contributed by atoms with E-state index < -0.39 is 6.10 Å². The summed E-state index contributed by atoms with van der Waals surface area (Å²) in [4.78, 5) is 6.90. The van der Waals surface area contributed by atoms with Crippen molar-refractivity contribution in [3.05, 3.63) is 52.4 Å². The predicted octanol–water partition coefficient (Wildman–Crippen LogP) is 3.53. The SMILES string of the molecule is Cc1cc(C[C@@H]2CN(c3cc(C)c4cc(Cl)ccc4n3)C[C@@H]2O)on1. The minimum atomic E-state index is -0.409. The van der Waals surface area contributed by atoms with Crippen molar-refractivity contribution >= 4 is 28.3 Å². The molecule has 1 aromatic carbocycles. The van der Waals surface area contributed by atoms with Gasteiger partial charge in [0.1, 0.15) is 11.6 Å². The Bertz CT molecular complexity index is 924. The summed E-state index contributed by atoms with van der Waals surface area (Å²) in [6, 6.07) is 9.73. The molecular weight excluding hydrogens is 338 g/mol. The maximum absolute atomic E-state index is 10.5. The maximum atomic E-state index is 10.5. The number of anilines is 1. The van der Waals surface area contributed by atoms with Gasteiger partial charge >= 0.3 is 0 Å². The first-order valence-corrected chi connectivity index (χ1v) is 8.79. The molecule has 1 fully saturated rings. The van der Waals surface area contributed by atoms with Crippen molar-refractivity contribution < 1.29 is 9.63 Å². The predicted molar refractivity (Wildman–Crippen MR) is 98.1 cm³/mol. The molecule has 0 radical (unpaired) electrons. The first-order chi connectivity index (χ1) is 12.0. The molecule has 1 aliphatic heterocycles. The Balaban J connectivity index is 1.58. The smallest absolute Gasteiger partial charge is 0.137 e. The van der Waals surface area contributed by atoms with E-state index >= 15 is 0 Å². The Labute approximate surface area is 151 Å². The van der Waals surface area contributed by atoms with Crippen molar-refractivity contribution in [3.8, 4) is 0 Å². The topological polar surface area (TPSA) is 62.4 Å². The Morgan fingerprint density at radius 3 is 2.84 bits per heavy atom. The number of hydrogen-bond donors (Lipinski definition) is 1. The van der Waals surface area contributed by atoms with Gasteiger partial charge in [-0.15, -0.1) is 0 Å². The van der Waals surface area contributed by atoms with E-state index in [1.807, 2.05) is 31.2 Å². The highest BCUT2D eigenvalue weighted by Crippen LogP contribution is 2.29. The van der Waals surface area contributed by atoms with Crippen LogP contribution in [0.3, 0.4) is 0 Å². The van der Waals surface area contributed by atoms with Crippen LogP contribution in [0, 0.1) is 19.8 Å². The molecular formula is C19H20ClN3O2. The molecule has 5 nitrogen and oxygen atoms in total. The Morgan fingerprint density at radius 1 is 1.24 bits per heavy atom. The van der Waals surface area contributed by atoms with Gasteiger partial charge in [0.15, 0.2) is 0 Å². The monoisotopic (exact) mass is 357 g/mol. The second-order valence-corrected chi connectivity index (χ2v) is 7.27. The fraction of sp³-hybridized carbons (Fsp3) is 0.368. The van der Waals surface area contributed by atoms with Crippen LogP contribution >= 0.6 is 11.6 Å². The number of aliphatic hydroxyl groups is 1. The summed E-state index contributed by atoms with van der Waals surface area (Å²) in [5, 5.41) is 16.2. The summed E-state index contributed by atoms with van der Waals surface area (Å²) in [5.41, 5.74) is 2.92. The zero-order valence-corrected chi connectivity index (χ0v) is 15.0. The molecule has 3 aromatic rings. The van der Waals surface area contributed by atoms with E-state index in [2.05, 4.69) is 23.0 Å². The average Bonchev–Trinajstić information content (AvgIpc) is 3.14. The van der Waals surface area contributed by atoms with E-state index in [1.165, 1.54) is 0 Å². The Kier molecular flexibility index (Phi) is 4.13. The second kappa shape index (κ2) is 6.32. The lowest BCUT2D eigenvalue weighted by Gasteiger charge is -2.18. The van der Waals surface area contributed by atoms with Gasteiger partial charge in [-0.1, -0.05) is 16.8 Å². The van der Waals surface area contributed by atoms with Crippen LogP contribution in [0.2, 0.25) is 5.02 Å². The van der Waals surface area contributed by atoms with Gasteiger partial charge in [0.05, 0.1) is 17.3 Å². The van der Waals surface area contributed by atoms with Gasteiger partial charge in [0.25, 0.3) is 0 Å². The number of rotatable bonds is 3. The molecule has 0 spiro atoms. The summed E-state index contributed by atoms with van der Waals surface area (Å²) in [6.07, 6.45) is 0.272. The van der Waals surface area contributed by atoms with E-state index in [0.29, 0.717) is 18.0 Å². The number of β-amino-alcohol motifs (C(OH)–C–C–N with tert-alkyl or cyclic N) is 1. The van der Waals surface area contributed by atoms with Crippen LogP contribution in [-0.2, 0) is 6.42 Å². The number of nitrogens with zero attached hydrogens (tertiary/aromatic N) is 3. The third-order valence-corrected chi connectivity index (χ3v) is 5.07. The van der Waals surface area contributed by atoms with Crippen LogP contribution in [-0.4, -0.2) is 34.4 Å². The van der Waals surface area contributed by atoms with Crippen LogP contribution in [0.1, 0.15) is 17.0 Å². The van der Waals surface area contributed by atoms with Crippen molar-refractivity contribution in [3.63, 3.8) is 0 Å². The molecule has 25 heavy (non-hydrogen) atoms. The van der Waals surface area contributed by atoms with Gasteiger partial charge in [0, 0.05) is 41.9 Å². The molecule has 6 heteroatoms. The molecule has 0 amide bonds. The van der Waals surface area contributed by atoms with Gasteiger partial charge < -0.3 is 14.5 Å². The number of hydrogen-bond acceptors (Lipinski definition) is 5. The van der Waals surface area contributed by atoms with Gasteiger partial charge in [-0.2, -0.15) is 0 Å². The zero-order valence-electron chi connectivity index (χ0n) is 14.2. The van der Waals surface area contributed by atoms with Gasteiger partial charge in [0.2, 0.25) is 0 Å². The highest BCUT2D eigenvalue weighted by molar-refractivity contribution is 6.31. The largest absolute Gasteiger partial charge is 0.391 e. The number of aliphatic hydroxyl groups excluding tert-OH is 1. The number of pyridine rings is 1. The van der Waals surface area contributed by atoms with Crippen LogP contribution in [0.15, 0.2) is 34.9 Å². The summed E-state index contributed by atoms with van der Waals surface area (Å²) in [6.45, 7) is 5.28. The highest BCUT2D eigenvalue weighted by Gasteiger charge is 2.33. The van der Waals surface area contributed by atoms with Crippen molar-refractivity contribution in [2.45, 2.75) is 26.4 Å². The fourth-order valence-corrected chi connectivity index (χ4v) is 3.70. The van der Waals surface area contributed by atoms with E-state index in [-0.39, 0.29) is 5.92 Å². The Morgan fingerprint density at radius 2 is 2.08 bits per heavy atom. The fourth-order valence-electron chi connectivity index (χ4n) is 3.52. The lowest BCUT2D eigenvalue weighted by molar-refractivity contribution is 0.143. The maximum Gasteiger partial charge on any atom is 0.137 e. The molecule has 0 bridgehead atoms. The number of fused-ring (bicyclic) bond motifs is 1. The van der Waals surface area contributed by atoms with Gasteiger partial charge in [-0.3, -0.25) is 0 Å². The van der Waals surface area contributed by atoms with E-state index in [0.717, 1.165) is 40.3 Å². The molecule has 0 saturated carbocycles. The molecule has 0 aliphatic carbocycles. The van der Waals surface area contributed by atoms with Crippen molar-refractivity contribution in [1.29, 1.82) is 0 Å². The summed E-state index contributed by atoms with van der Waals surface area (Å²) in [7, 11) is 0. The molecule has 0 unspecified atom stereocenters. The number of benzene rings is 1. The van der Waals surface area contributed by atoms with Crippen molar-refractivity contribution in [2.24, 2.45) is 5.92 Å². The average molecular weight is 358 g/mol. The number of aromatic nitrogens is 2. The zero-order chi connectivity index (χ0) is 17.6. The quantitative estimate of drug-likeness (QED) is 0.776. The normalized spacial score (nSPS) is 20.6. The molecule has 130 valence electrons. The summed E-state index contributed by atoms with van der Waals surface area (Å²) >= 11 is 6.09. The lowest BCUT2D eigenvalue weighted by Crippen LogP contribution is -2.22. The number of aryl methyl sites for hydroxylation is 2. The first-order valence-electron chi connectivity index (χ1n) is 8.42. The Hall–Kier alpha value is -2.11. The minimum absolute atomic E-state index is 0.107. The third-order valence-electron chi connectivity index (χ3n) is 4.83. The summed E-state index contributed by atoms with van der Waals surface area (Å²) in [5.74, 6) is 1.82. The molecule has 1 N–H and O–H groups in total. The van der Waals surface area contributed by atoms with Gasteiger partial charge in [-0.05, 0) is 43.7 Å². The van der Waals surface area contributed by atoms with E-state index in [9.17, 15) is 5.11 Å². The minimum Gasteiger partial charge on any atom is -0.391 e. The molecule has 4 rings (SSSR count). The third kappa shape index (κ3) is 3.22. The van der Waals surface area contributed by atoms with Crippen LogP contribution in [0.4, 0.5) is 5.82 Å². The molecule has 2 atom stereocenters. The highest BCUT2D eigenvalue weighted by atomic mass is 35.5.